The predicted octanol–water partition coefficient (Wildman–Crippen LogP) is 0.208. The van der Waals surface area contributed by atoms with E-state index >= 15 is 0 Å². The molecule has 1 aromatic rings. The summed E-state index contributed by atoms with van der Waals surface area (Å²) in [7, 11) is 0. The van der Waals surface area contributed by atoms with Crippen molar-refractivity contribution in [2.24, 2.45) is 0 Å². The largest absolute Gasteiger partial charge is 0.252 e. The molecular weight excluding hydrogens is 122 g/mol. The molecule has 0 radical (unpaired) electrons. The number of rotatable bonds is 2. The lowest BCUT2D eigenvalue weighted by atomic mass is 10.7. The van der Waals surface area contributed by atoms with Crippen molar-refractivity contribution in [1.82, 2.24) is 15.0 Å². The molecule has 0 aliphatic rings. The lowest BCUT2D eigenvalue weighted by molar-refractivity contribution is 0.633. The number of thiol groups is 1. The standard InChI is InChI=1S/C4H7N3S/c8-4-3-7-2-1-5-6-7/h1-2,8H,3-4H2. The van der Waals surface area contributed by atoms with Gasteiger partial charge in [0, 0.05) is 11.9 Å². The number of aromatic nitrogens is 3. The zero-order chi connectivity index (χ0) is 5.82. The van der Waals surface area contributed by atoms with Crippen LogP contribution >= 0.6 is 12.6 Å². The Bertz CT molecular complexity index is 137. The summed E-state index contributed by atoms with van der Waals surface area (Å²) >= 11 is 4.02. The van der Waals surface area contributed by atoms with Gasteiger partial charge in [-0.3, -0.25) is 4.68 Å². The molecule has 0 aliphatic heterocycles. The molecule has 4 heteroatoms. The van der Waals surface area contributed by atoms with E-state index in [0.717, 1.165) is 12.3 Å². The van der Waals surface area contributed by atoms with E-state index in [0.29, 0.717) is 0 Å². The van der Waals surface area contributed by atoms with E-state index in [2.05, 4.69) is 22.9 Å². The van der Waals surface area contributed by atoms with Crippen molar-refractivity contribution in [2.45, 2.75) is 6.54 Å². The maximum Gasteiger partial charge on any atom is 0.0692 e. The molecule has 0 atom stereocenters. The predicted molar refractivity (Wildman–Crippen MR) is 33.9 cm³/mol. The van der Waals surface area contributed by atoms with Gasteiger partial charge in [0.25, 0.3) is 0 Å². The number of hydrogen-bond acceptors (Lipinski definition) is 3. The lowest BCUT2D eigenvalue weighted by Gasteiger charge is -1.90. The van der Waals surface area contributed by atoms with Crippen LogP contribution in [0, 0.1) is 0 Å². The Balaban J connectivity index is 2.50. The first-order valence-corrected chi connectivity index (χ1v) is 3.01. The highest BCUT2D eigenvalue weighted by atomic mass is 32.1. The number of hydrogen-bond donors (Lipinski definition) is 1. The van der Waals surface area contributed by atoms with Crippen molar-refractivity contribution in [3.63, 3.8) is 0 Å². The third-order valence-electron chi connectivity index (χ3n) is 0.801. The van der Waals surface area contributed by atoms with Gasteiger partial charge in [-0.2, -0.15) is 12.6 Å². The molecule has 3 nitrogen and oxygen atoms in total. The van der Waals surface area contributed by atoms with E-state index in [1.54, 1.807) is 10.9 Å². The molecule has 0 unspecified atom stereocenters. The van der Waals surface area contributed by atoms with Gasteiger partial charge in [-0.05, 0) is 0 Å². The minimum absolute atomic E-state index is 0.809. The highest BCUT2D eigenvalue weighted by Crippen LogP contribution is 1.81. The summed E-state index contributed by atoms with van der Waals surface area (Å²) in [4.78, 5) is 0. The van der Waals surface area contributed by atoms with Gasteiger partial charge in [-0.25, -0.2) is 0 Å². The summed E-state index contributed by atoms with van der Waals surface area (Å²) in [5.74, 6) is 0.809. The fourth-order valence-corrected chi connectivity index (χ4v) is 0.659. The van der Waals surface area contributed by atoms with E-state index in [9.17, 15) is 0 Å². The van der Waals surface area contributed by atoms with Gasteiger partial charge in [-0.15, -0.1) is 5.10 Å². The van der Waals surface area contributed by atoms with Gasteiger partial charge in [0.1, 0.15) is 0 Å². The van der Waals surface area contributed by atoms with Crippen LogP contribution in [-0.4, -0.2) is 20.7 Å². The van der Waals surface area contributed by atoms with E-state index in [4.69, 9.17) is 0 Å². The quantitative estimate of drug-likeness (QED) is 0.578. The molecule has 0 fully saturated rings. The van der Waals surface area contributed by atoms with E-state index in [1.165, 1.54) is 0 Å². The minimum Gasteiger partial charge on any atom is -0.252 e. The number of aryl methyl sites for hydroxylation is 1. The summed E-state index contributed by atoms with van der Waals surface area (Å²) in [6.45, 7) is 0.836. The van der Waals surface area contributed by atoms with Crippen LogP contribution in [0.5, 0.6) is 0 Å². The van der Waals surface area contributed by atoms with Crippen LogP contribution in [0.15, 0.2) is 12.4 Å². The summed E-state index contributed by atoms with van der Waals surface area (Å²) in [6, 6.07) is 0. The molecule has 1 aromatic heterocycles. The third-order valence-corrected chi connectivity index (χ3v) is 1.00. The monoisotopic (exact) mass is 129 g/mol. The van der Waals surface area contributed by atoms with Crippen molar-refractivity contribution in [3.8, 4) is 0 Å². The average molecular weight is 129 g/mol. The minimum atomic E-state index is 0.809. The summed E-state index contributed by atoms with van der Waals surface area (Å²) < 4.78 is 1.74. The molecule has 44 valence electrons. The maximum atomic E-state index is 4.02. The van der Waals surface area contributed by atoms with Crippen LogP contribution in [0.3, 0.4) is 0 Å². The smallest absolute Gasteiger partial charge is 0.0692 e. The second kappa shape index (κ2) is 2.71. The highest BCUT2D eigenvalue weighted by Gasteiger charge is 1.84. The lowest BCUT2D eigenvalue weighted by Crippen LogP contribution is -1.98. The molecule has 0 spiro atoms. The highest BCUT2D eigenvalue weighted by molar-refractivity contribution is 7.80. The van der Waals surface area contributed by atoms with Gasteiger partial charge in [-0.1, -0.05) is 5.21 Å². The first kappa shape index (κ1) is 5.62. The topological polar surface area (TPSA) is 30.7 Å². The van der Waals surface area contributed by atoms with E-state index < -0.39 is 0 Å². The molecular formula is C4H7N3S. The van der Waals surface area contributed by atoms with Crippen LogP contribution in [0.1, 0.15) is 0 Å². The summed E-state index contributed by atoms with van der Waals surface area (Å²) in [5, 5.41) is 7.34. The van der Waals surface area contributed by atoms with Crippen LogP contribution in [-0.2, 0) is 6.54 Å². The van der Waals surface area contributed by atoms with E-state index in [-0.39, 0.29) is 0 Å². The molecule has 0 saturated heterocycles. The first-order valence-electron chi connectivity index (χ1n) is 2.38. The van der Waals surface area contributed by atoms with Crippen LogP contribution in [0.4, 0.5) is 0 Å². The molecule has 8 heavy (non-hydrogen) atoms. The van der Waals surface area contributed by atoms with Crippen LogP contribution in [0.2, 0.25) is 0 Å². The molecule has 0 saturated carbocycles. The van der Waals surface area contributed by atoms with Gasteiger partial charge < -0.3 is 0 Å². The number of nitrogens with zero attached hydrogens (tertiary/aromatic N) is 3. The Morgan fingerprint density at radius 3 is 3.00 bits per heavy atom. The second-order valence-corrected chi connectivity index (χ2v) is 1.84. The Hall–Kier alpha value is -0.510. The average Bonchev–Trinajstić information content (AvgIpc) is 2.19. The van der Waals surface area contributed by atoms with Crippen LogP contribution < -0.4 is 0 Å². The Kier molecular flexibility index (Phi) is 1.91. The molecule has 1 rings (SSSR count). The molecule has 1 heterocycles. The van der Waals surface area contributed by atoms with Gasteiger partial charge in [0.15, 0.2) is 0 Å². The SMILES string of the molecule is SCCn1ccnn1. The summed E-state index contributed by atoms with van der Waals surface area (Å²) in [5.41, 5.74) is 0. The van der Waals surface area contributed by atoms with Crippen molar-refractivity contribution in [1.29, 1.82) is 0 Å². The van der Waals surface area contributed by atoms with Crippen molar-refractivity contribution >= 4 is 12.6 Å². The fraction of sp³-hybridized carbons (Fsp3) is 0.500. The van der Waals surface area contributed by atoms with Gasteiger partial charge >= 0.3 is 0 Å². The molecule has 0 bridgehead atoms. The van der Waals surface area contributed by atoms with Crippen molar-refractivity contribution in [2.75, 3.05) is 5.75 Å². The molecule has 0 aliphatic carbocycles. The van der Waals surface area contributed by atoms with Crippen molar-refractivity contribution in [3.05, 3.63) is 12.4 Å². The van der Waals surface area contributed by atoms with Gasteiger partial charge in [0.05, 0.1) is 12.7 Å². The zero-order valence-corrected chi connectivity index (χ0v) is 5.25. The fourth-order valence-electron chi connectivity index (χ4n) is 0.454. The van der Waals surface area contributed by atoms with Gasteiger partial charge in [0.2, 0.25) is 0 Å². The zero-order valence-electron chi connectivity index (χ0n) is 4.36. The molecule has 0 N–H and O–H groups in total. The van der Waals surface area contributed by atoms with Crippen molar-refractivity contribution < 1.29 is 0 Å². The normalized spacial score (nSPS) is 9.62. The van der Waals surface area contributed by atoms with Crippen LogP contribution in [0.25, 0.3) is 0 Å². The Labute approximate surface area is 53.1 Å². The summed E-state index contributed by atoms with van der Waals surface area (Å²) in [6.07, 6.45) is 3.47. The maximum absolute atomic E-state index is 4.02. The molecule has 0 amide bonds. The first-order chi connectivity index (χ1) is 3.93. The second-order valence-electron chi connectivity index (χ2n) is 1.39. The van der Waals surface area contributed by atoms with E-state index in [1.807, 2.05) is 6.20 Å². The Morgan fingerprint density at radius 2 is 2.50 bits per heavy atom. The molecule has 0 aromatic carbocycles. The third kappa shape index (κ3) is 1.23. The Morgan fingerprint density at radius 1 is 1.62 bits per heavy atom.